The quantitative estimate of drug-likeness (QED) is 0.447. The van der Waals surface area contributed by atoms with Crippen LogP contribution < -0.4 is 5.11 Å². The third-order valence-electron chi connectivity index (χ3n) is 0.776. The number of hydrogen-bond acceptors (Lipinski definition) is 1. The molecule has 0 aromatic heterocycles. The number of halogens is 1. The third-order valence-corrected chi connectivity index (χ3v) is 1.07. The van der Waals surface area contributed by atoms with E-state index in [-0.39, 0.29) is 44.3 Å². The second-order valence-electron chi connectivity index (χ2n) is 1.36. The molecular formula is C6H5ClHgO2. The predicted molar refractivity (Wildman–Crippen MR) is 33.4 cm³/mol. The van der Waals surface area contributed by atoms with Crippen LogP contribution in [-0.4, -0.2) is 5.48 Å². The van der Waals surface area contributed by atoms with E-state index in [2.05, 4.69) is 5.73 Å². The Labute approximate surface area is 84.7 Å². The molecule has 0 fully saturated rings. The zero-order chi connectivity index (χ0) is 5.98. The summed E-state index contributed by atoms with van der Waals surface area (Å²) < 4.78 is 0. The summed E-state index contributed by atoms with van der Waals surface area (Å²) in [4.78, 5) is 0. The minimum atomic E-state index is -0.148. The van der Waals surface area contributed by atoms with E-state index in [1.165, 1.54) is 18.2 Å². The molecule has 0 saturated carbocycles. The summed E-state index contributed by atoms with van der Waals surface area (Å²) in [5.41, 5.74) is 2.67. The molecule has 0 saturated heterocycles. The fraction of sp³-hybridized carbons (Fsp3) is 0. The van der Waals surface area contributed by atoms with Gasteiger partial charge in [0.2, 0.25) is 0 Å². The van der Waals surface area contributed by atoms with Gasteiger partial charge in [-0.15, -0.1) is 23.1 Å². The molecule has 4 heteroatoms. The van der Waals surface area contributed by atoms with Crippen molar-refractivity contribution in [2.24, 2.45) is 0 Å². The van der Waals surface area contributed by atoms with E-state index in [1.807, 2.05) is 0 Å². The molecular weight excluding hydrogens is 340 g/mol. The second-order valence-corrected chi connectivity index (χ2v) is 1.76. The maximum Gasteiger partial charge on any atom is 1.00 e. The van der Waals surface area contributed by atoms with Crippen LogP contribution in [0.2, 0.25) is 0 Å². The largest absolute Gasteiger partial charge is 1.00 e. The van der Waals surface area contributed by atoms with Gasteiger partial charge in [-0.1, -0.05) is 6.08 Å². The molecule has 1 aliphatic carbocycles. The molecule has 10 heavy (non-hydrogen) atoms. The second kappa shape index (κ2) is 5.99. The molecule has 1 aliphatic rings. The SMILES string of the molecule is O.[Hg+].[O-]C1=CC=C=C[C]1Cl. The standard InChI is InChI=1S/C6H4ClO.Hg.H2O/c7-5-3-1-2-4-6(5)8;;/h2-4,8H;;1H2/q;+1;/p-1. The van der Waals surface area contributed by atoms with Gasteiger partial charge in [0.1, 0.15) is 5.38 Å². The van der Waals surface area contributed by atoms with Crippen molar-refractivity contribution in [3.8, 4) is 0 Å². The molecule has 0 atom stereocenters. The maximum absolute atomic E-state index is 10.5. The van der Waals surface area contributed by atoms with Gasteiger partial charge >= 0.3 is 27.7 Å². The van der Waals surface area contributed by atoms with E-state index >= 15 is 0 Å². The number of rotatable bonds is 0. The molecule has 0 aromatic rings. The van der Waals surface area contributed by atoms with Gasteiger partial charge < -0.3 is 10.6 Å². The monoisotopic (exact) mass is 346 g/mol. The molecule has 0 spiro atoms. The van der Waals surface area contributed by atoms with E-state index in [4.69, 9.17) is 11.6 Å². The Hall–Kier alpha value is 0.245. The molecule has 2 radical (unpaired) electrons. The summed E-state index contributed by atoms with van der Waals surface area (Å²) in [5, 5.41) is 10.7. The van der Waals surface area contributed by atoms with Gasteiger partial charge in [-0.05, 0) is 12.2 Å². The molecule has 50 valence electrons. The molecule has 1 rings (SSSR count). The number of hydrogen-bond donors (Lipinski definition) is 0. The van der Waals surface area contributed by atoms with Crippen molar-refractivity contribution >= 4 is 11.6 Å². The number of allylic oxidation sites excluding steroid dienone is 2. The Balaban J connectivity index is 0. The van der Waals surface area contributed by atoms with Crippen LogP contribution in [0.3, 0.4) is 0 Å². The summed E-state index contributed by atoms with van der Waals surface area (Å²) >= 11 is 5.36. The summed E-state index contributed by atoms with van der Waals surface area (Å²) in [5.74, 6) is -0.148. The Morgan fingerprint density at radius 1 is 1.50 bits per heavy atom. The van der Waals surface area contributed by atoms with E-state index in [0.717, 1.165) is 0 Å². The van der Waals surface area contributed by atoms with Gasteiger partial charge in [-0.2, -0.15) is 0 Å². The van der Waals surface area contributed by atoms with Crippen LogP contribution in [-0.2, 0) is 27.7 Å². The van der Waals surface area contributed by atoms with Crippen molar-refractivity contribution in [1.29, 1.82) is 0 Å². The normalized spacial score (nSPS) is 15.1. The molecule has 2 N–H and O–H groups in total. The van der Waals surface area contributed by atoms with Gasteiger partial charge in [0.05, 0.1) is 0 Å². The summed E-state index contributed by atoms with van der Waals surface area (Å²) in [6.45, 7) is 0. The van der Waals surface area contributed by atoms with Gasteiger partial charge in [0.25, 0.3) is 0 Å². The summed E-state index contributed by atoms with van der Waals surface area (Å²) in [6.07, 6.45) is 4.36. The molecule has 0 aromatic carbocycles. The molecule has 0 aliphatic heterocycles. The molecule has 2 nitrogen and oxygen atoms in total. The Morgan fingerprint density at radius 2 is 2.10 bits per heavy atom. The van der Waals surface area contributed by atoms with Crippen molar-refractivity contribution in [3.05, 3.63) is 35.1 Å². The first-order valence-electron chi connectivity index (χ1n) is 2.13. The van der Waals surface area contributed by atoms with Gasteiger partial charge in [0, 0.05) is 0 Å². The summed E-state index contributed by atoms with van der Waals surface area (Å²) in [7, 11) is 0. The van der Waals surface area contributed by atoms with Crippen LogP contribution in [0.1, 0.15) is 0 Å². The van der Waals surface area contributed by atoms with Crippen LogP contribution in [0.25, 0.3) is 0 Å². The average molecular weight is 345 g/mol. The Kier molecular flexibility index (Phi) is 7.71. The van der Waals surface area contributed by atoms with Gasteiger partial charge in [-0.25, -0.2) is 0 Å². The first kappa shape index (κ1) is 12.9. The molecule has 0 bridgehead atoms. The first-order chi connectivity index (χ1) is 3.80. The molecule has 0 amide bonds. The van der Waals surface area contributed by atoms with E-state index in [0.29, 0.717) is 0 Å². The van der Waals surface area contributed by atoms with E-state index < -0.39 is 0 Å². The van der Waals surface area contributed by atoms with Gasteiger partial charge in [-0.3, -0.25) is 0 Å². The zero-order valence-corrected chi connectivity index (χ0v) is 11.5. The Morgan fingerprint density at radius 3 is 2.40 bits per heavy atom. The van der Waals surface area contributed by atoms with E-state index in [1.54, 1.807) is 0 Å². The first-order valence-corrected chi connectivity index (χ1v) is 2.51. The Bertz CT molecular complexity index is 182. The zero-order valence-electron chi connectivity index (χ0n) is 5.23. The van der Waals surface area contributed by atoms with Crippen molar-refractivity contribution in [3.63, 3.8) is 0 Å². The minimum Gasteiger partial charge on any atom is -0.874 e. The van der Waals surface area contributed by atoms with Gasteiger partial charge in [0.15, 0.2) is 0 Å². The smallest absolute Gasteiger partial charge is 0.874 e. The van der Waals surface area contributed by atoms with Crippen LogP contribution in [0.4, 0.5) is 0 Å². The van der Waals surface area contributed by atoms with Crippen LogP contribution >= 0.6 is 11.6 Å². The van der Waals surface area contributed by atoms with Crippen molar-refractivity contribution in [2.75, 3.05) is 0 Å². The molecule has 0 heterocycles. The van der Waals surface area contributed by atoms with Crippen molar-refractivity contribution in [2.45, 2.75) is 0 Å². The maximum atomic E-state index is 10.5. The fourth-order valence-corrected chi connectivity index (χ4v) is 0.522. The topological polar surface area (TPSA) is 54.6 Å². The minimum absolute atomic E-state index is 0. The van der Waals surface area contributed by atoms with Crippen LogP contribution in [0, 0.1) is 5.38 Å². The fourth-order valence-electron chi connectivity index (χ4n) is 0.396. The average Bonchev–Trinajstić information content (AvgIpc) is 1.77. The van der Waals surface area contributed by atoms with Crippen LogP contribution in [0.15, 0.2) is 29.7 Å². The summed E-state index contributed by atoms with van der Waals surface area (Å²) in [6, 6.07) is 0. The van der Waals surface area contributed by atoms with Crippen LogP contribution in [0.5, 0.6) is 0 Å². The predicted octanol–water partition coefficient (Wildman–Crippen LogP) is -0.101. The molecule has 0 unspecified atom stereocenters. The van der Waals surface area contributed by atoms with Crippen molar-refractivity contribution in [1.82, 2.24) is 0 Å². The van der Waals surface area contributed by atoms with E-state index in [9.17, 15) is 5.11 Å². The third kappa shape index (κ3) is 3.42. The van der Waals surface area contributed by atoms with Crippen molar-refractivity contribution < 1.29 is 38.3 Å².